The van der Waals surface area contributed by atoms with Gasteiger partial charge in [-0.15, -0.1) is 0 Å². The number of rotatable bonds is 5. The first kappa shape index (κ1) is 16.0. The van der Waals surface area contributed by atoms with Crippen molar-refractivity contribution in [2.75, 3.05) is 0 Å². The summed E-state index contributed by atoms with van der Waals surface area (Å²) in [5, 5.41) is 0. The van der Waals surface area contributed by atoms with Gasteiger partial charge in [-0.1, -0.05) is 18.2 Å². The van der Waals surface area contributed by atoms with Crippen LogP contribution in [0, 0.1) is 5.82 Å². The van der Waals surface area contributed by atoms with Crippen LogP contribution in [0.5, 0.6) is 0 Å². The van der Waals surface area contributed by atoms with Crippen molar-refractivity contribution in [1.82, 2.24) is 4.72 Å². The molecule has 3 nitrogen and oxygen atoms in total. The Morgan fingerprint density at radius 1 is 1.26 bits per heavy atom. The first-order valence-electron chi connectivity index (χ1n) is 6.09. The SMILES string of the molecule is CC(C)(C)S(=O)N[C@@](C)(CC=O)c1ccccc1F. The van der Waals surface area contributed by atoms with E-state index in [2.05, 4.69) is 4.72 Å². The molecule has 0 aliphatic carbocycles. The average Bonchev–Trinajstić information content (AvgIpc) is 2.28. The molecular formula is C14H20FNO2S. The van der Waals surface area contributed by atoms with Gasteiger partial charge in [0.25, 0.3) is 0 Å². The molecule has 0 aliphatic heterocycles. The van der Waals surface area contributed by atoms with Crippen LogP contribution >= 0.6 is 0 Å². The molecule has 1 aromatic rings. The lowest BCUT2D eigenvalue weighted by atomic mass is 9.90. The van der Waals surface area contributed by atoms with E-state index < -0.39 is 27.1 Å². The predicted octanol–water partition coefficient (Wildman–Crippen LogP) is 2.68. The van der Waals surface area contributed by atoms with E-state index in [-0.39, 0.29) is 6.42 Å². The Hall–Kier alpha value is -1.07. The second-order valence-electron chi connectivity index (χ2n) is 5.67. The number of nitrogens with one attached hydrogen (secondary N) is 1. The van der Waals surface area contributed by atoms with Gasteiger partial charge in [0.2, 0.25) is 0 Å². The molecular weight excluding hydrogens is 265 g/mol. The van der Waals surface area contributed by atoms with Crippen LogP contribution in [0.4, 0.5) is 4.39 Å². The lowest BCUT2D eigenvalue weighted by Gasteiger charge is -2.32. The standard InChI is InChI=1S/C14H20FNO2S/c1-13(2,3)19(18)16-14(4,9-10-17)11-7-5-6-8-12(11)15/h5-8,10,16H,9H2,1-4H3/t14-,19?/m0/s1. The van der Waals surface area contributed by atoms with E-state index in [4.69, 9.17) is 0 Å². The Balaban J connectivity index is 3.15. The number of carbonyl (C=O) groups is 1. The van der Waals surface area contributed by atoms with Gasteiger partial charge in [0.05, 0.1) is 21.3 Å². The molecule has 0 radical (unpaired) electrons. The quantitative estimate of drug-likeness (QED) is 0.845. The van der Waals surface area contributed by atoms with Crippen molar-refractivity contribution in [3.63, 3.8) is 0 Å². The summed E-state index contributed by atoms with van der Waals surface area (Å²) in [6, 6.07) is 6.22. The molecule has 0 heterocycles. The van der Waals surface area contributed by atoms with Crippen molar-refractivity contribution < 1.29 is 13.4 Å². The Morgan fingerprint density at radius 2 is 1.84 bits per heavy atom. The maximum absolute atomic E-state index is 13.9. The highest BCUT2D eigenvalue weighted by atomic mass is 32.2. The van der Waals surface area contributed by atoms with Crippen LogP contribution in [0.2, 0.25) is 0 Å². The fraction of sp³-hybridized carbons (Fsp3) is 0.500. The zero-order valence-electron chi connectivity index (χ0n) is 11.7. The topological polar surface area (TPSA) is 46.2 Å². The molecule has 1 N–H and O–H groups in total. The molecule has 106 valence electrons. The van der Waals surface area contributed by atoms with E-state index >= 15 is 0 Å². The van der Waals surface area contributed by atoms with Crippen molar-refractivity contribution in [1.29, 1.82) is 0 Å². The van der Waals surface area contributed by atoms with Gasteiger partial charge in [-0.05, 0) is 33.8 Å². The van der Waals surface area contributed by atoms with Gasteiger partial charge < -0.3 is 4.79 Å². The highest BCUT2D eigenvalue weighted by molar-refractivity contribution is 7.84. The van der Waals surface area contributed by atoms with Crippen molar-refractivity contribution in [3.05, 3.63) is 35.6 Å². The summed E-state index contributed by atoms with van der Waals surface area (Å²) in [6.07, 6.45) is 0.759. The molecule has 1 aromatic carbocycles. The fourth-order valence-corrected chi connectivity index (χ4v) is 2.55. The second kappa shape index (κ2) is 5.92. The van der Waals surface area contributed by atoms with Crippen molar-refractivity contribution in [2.24, 2.45) is 0 Å². The zero-order chi connectivity index (χ0) is 14.7. The minimum atomic E-state index is -1.39. The van der Waals surface area contributed by atoms with Gasteiger partial charge in [-0.2, -0.15) is 0 Å². The minimum Gasteiger partial charge on any atom is -0.303 e. The molecule has 1 unspecified atom stereocenters. The smallest absolute Gasteiger partial charge is 0.128 e. The van der Waals surface area contributed by atoms with E-state index in [1.54, 1.807) is 25.1 Å². The third-order valence-corrected chi connectivity index (χ3v) is 4.58. The van der Waals surface area contributed by atoms with Crippen LogP contribution in [-0.4, -0.2) is 15.2 Å². The van der Waals surface area contributed by atoms with E-state index in [0.717, 1.165) is 0 Å². The number of hydrogen-bond acceptors (Lipinski definition) is 2. The van der Waals surface area contributed by atoms with Gasteiger partial charge in [-0.3, -0.25) is 0 Å². The Kier molecular flexibility index (Phi) is 4.98. The van der Waals surface area contributed by atoms with Crippen molar-refractivity contribution in [2.45, 2.75) is 44.4 Å². The summed E-state index contributed by atoms with van der Waals surface area (Å²) in [4.78, 5) is 10.9. The molecule has 0 saturated carbocycles. The Bertz CT molecular complexity index is 485. The molecule has 0 aliphatic rings. The first-order valence-corrected chi connectivity index (χ1v) is 7.24. The maximum atomic E-state index is 13.9. The summed E-state index contributed by atoms with van der Waals surface area (Å²) in [5.74, 6) is -0.412. The van der Waals surface area contributed by atoms with Gasteiger partial charge in [0.1, 0.15) is 12.1 Å². The van der Waals surface area contributed by atoms with E-state index in [0.29, 0.717) is 11.8 Å². The van der Waals surface area contributed by atoms with Crippen LogP contribution in [-0.2, 0) is 21.3 Å². The van der Waals surface area contributed by atoms with Crippen LogP contribution in [0.15, 0.2) is 24.3 Å². The van der Waals surface area contributed by atoms with Gasteiger partial charge in [0.15, 0.2) is 0 Å². The normalized spacial score (nSPS) is 16.7. The molecule has 2 atom stereocenters. The largest absolute Gasteiger partial charge is 0.303 e. The maximum Gasteiger partial charge on any atom is 0.128 e. The van der Waals surface area contributed by atoms with Gasteiger partial charge in [-0.25, -0.2) is 13.3 Å². The van der Waals surface area contributed by atoms with Crippen molar-refractivity contribution in [3.8, 4) is 0 Å². The highest BCUT2D eigenvalue weighted by Crippen LogP contribution is 2.28. The minimum absolute atomic E-state index is 0.0513. The van der Waals surface area contributed by atoms with Crippen molar-refractivity contribution >= 4 is 17.3 Å². The summed E-state index contributed by atoms with van der Waals surface area (Å²) in [6.45, 7) is 7.14. The summed E-state index contributed by atoms with van der Waals surface area (Å²) < 4.78 is 28.5. The van der Waals surface area contributed by atoms with Crippen LogP contribution in [0.25, 0.3) is 0 Å². The number of benzene rings is 1. The van der Waals surface area contributed by atoms with Gasteiger partial charge in [0, 0.05) is 12.0 Å². The molecule has 19 heavy (non-hydrogen) atoms. The highest BCUT2D eigenvalue weighted by Gasteiger charge is 2.34. The predicted molar refractivity (Wildman–Crippen MR) is 75.5 cm³/mol. The molecule has 0 fully saturated rings. The van der Waals surface area contributed by atoms with Gasteiger partial charge >= 0.3 is 0 Å². The number of halogens is 1. The number of aldehydes is 1. The molecule has 0 spiro atoms. The molecule has 5 heteroatoms. The first-order chi connectivity index (χ1) is 8.70. The number of carbonyl (C=O) groups excluding carboxylic acids is 1. The lowest BCUT2D eigenvalue weighted by Crippen LogP contribution is -2.46. The fourth-order valence-electron chi connectivity index (χ4n) is 1.64. The monoisotopic (exact) mass is 285 g/mol. The second-order valence-corrected chi connectivity index (χ2v) is 7.63. The molecule has 0 bridgehead atoms. The van der Waals surface area contributed by atoms with Crippen LogP contribution in [0.1, 0.15) is 39.7 Å². The summed E-state index contributed by atoms with van der Waals surface area (Å²) in [5.41, 5.74) is -0.634. The molecule has 0 aromatic heterocycles. The van der Waals surface area contributed by atoms with Crippen LogP contribution < -0.4 is 4.72 Å². The molecule has 0 saturated heterocycles. The summed E-state index contributed by atoms with van der Waals surface area (Å²) in [7, 11) is -1.39. The van der Waals surface area contributed by atoms with Crippen LogP contribution in [0.3, 0.4) is 0 Å². The Morgan fingerprint density at radius 3 is 2.32 bits per heavy atom. The summed E-state index contributed by atoms with van der Waals surface area (Å²) >= 11 is 0. The third kappa shape index (κ3) is 3.94. The zero-order valence-corrected chi connectivity index (χ0v) is 12.5. The Labute approximate surface area is 116 Å². The molecule has 0 amide bonds. The van der Waals surface area contributed by atoms with E-state index in [9.17, 15) is 13.4 Å². The van der Waals surface area contributed by atoms with E-state index in [1.807, 2.05) is 20.8 Å². The average molecular weight is 285 g/mol. The number of hydrogen-bond donors (Lipinski definition) is 1. The molecule has 1 rings (SSSR count). The lowest BCUT2D eigenvalue weighted by molar-refractivity contribution is -0.108. The third-order valence-electron chi connectivity index (χ3n) is 2.83. The van der Waals surface area contributed by atoms with E-state index in [1.165, 1.54) is 6.07 Å².